The molecule has 2 N–H and O–H groups in total. The van der Waals surface area contributed by atoms with Crippen LogP contribution in [-0.4, -0.2) is 35.7 Å². The van der Waals surface area contributed by atoms with Crippen LogP contribution in [0.25, 0.3) is 0 Å². The molecular weight excluding hydrogens is 234 g/mol. The third-order valence-corrected chi connectivity index (χ3v) is 2.52. The van der Waals surface area contributed by atoms with Gasteiger partial charge in [0.15, 0.2) is 0 Å². The van der Waals surface area contributed by atoms with E-state index in [1.54, 1.807) is 13.0 Å². The van der Waals surface area contributed by atoms with Crippen LogP contribution in [0.4, 0.5) is 0 Å². The van der Waals surface area contributed by atoms with Crippen molar-refractivity contribution >= 4 is 11.9 Å². The minimum atomic E-state index is -1.00. The van der Waals surface area contributed by atoms with Crippen molar-refractivity contribution in [3.63, 3.8) is 0 Å². The number of carbonyl (C=O) groups is 2. The highest BCUT2D eigenvalue weighted by Gasteiger charge is 2.22. The average Bonchev–Trinajstić information content (AvgIpc) is 2.33. The largest absolute Gasteiger partial charge is 0.480 e. The Labute approximate surface area is 108 Å². The van der Waals surface area contributed by atoms with Gasteiger partial charge in [-0.1, -0.05) is 25.8 Å². The Kier molecular flexibility index (Phi) is 8.92. The lowest BCUT2D eigenvalue weighted by atomic mass is 10.1. The highest BCUT2D eigenvalue weighted by atomic mass is 16.5. The second-order valence-electron chi connectivity index (χ2n) is 4.13. The molecule has 0 spiro atoms. The van der Waals surface area contributed by atoms with E-state index in [-0.39, 0.29) is 5.91 Å². The number of unbranched alkanes of at least 4 members (excludes halogenated alkanes) is 1. The van der Waals surface area contributed by atoms with Gasteiger partial charge in [-0.2, -0.15) is 0 Å². The van der Waals surface area contributed by atoms with Gasteiger partial charge in [-0.3, -0.25) is 4.79 Å². The van der Waals surface area contributed by atoms with Gasteiger partial charge in [0.05, 0.1) is 6.61 Å². The molecule has 2 unspecified atom stereocenters. The summed E-state index contributed by atoms with van der Waals surface area (Å²) < 4.78 is 5.25. The van der Waals surface area contributed by atoms with E-state index in [1.807, 2.05) is 6.92 Å². The smallest absolute Gasteiger partial charge is 0.326 e. The fraction of sp³-hybridized carbons (Fsp3) is 0.692. The first-order valence-corrected chi connectivity index (χ1v) is 6.28. The molecule has 0 aliphatic rings. The van der Waals surface area contributed by atoms with Crippen LogP contribution >= 0.6 is 0 Å². The topological polar surface area (TPSA) is 75.6 Å². The predicted octanol–water partition coefficient (Wildman–Crippen LogP) is 1.73. The Morgan fingerprint density at radius 1 is 1.50 bits per heavy atom. The standard InChI is InChI=1S/C13H23NO4/c1-4-6-8-11(13(16)17)14-12(15)10(3)18-9-7-5-2/h5,10-11H,2,4,6-9H2,1,3H3,(H,14,15)(H,16,17). The first kappa shape index (κ1) is 16.6. The van der Waals surface area contributed by atoms with Crippen molar-refractivity contribution in [1.82, 2.24) is 5.32 Å². The van der Waals surface area contributed by atoms with Crippen molar-refractivity contribution in [3.05, 3.63) is 12.7 Å². The summed E-state index contributed by atoms with van der Waals surface area (Å²) in [5, 5.41) is 11.5. The summed E-state index contributed by atoms with van der Waals surface area (Å²) in [6.45, 7) is 7.54. The van der Waals surface area contributed by atoms with E-state index in [0.717, 1.165) is 12.8 Å². The van der Waals surface area contributed by atoms with Gasteiger partial charge in [0.25, 0.3) is 0 Å². The number of carbonyl (C=O) groups excluding carboxylic acids is 1. The Balaban J connectivity index is 4.14. The zero-order valence-corrected chi connectivity index (χ0v) is 11.1. The Bertz CT molecular complexity index is 278. The first-order valence-electron chi connectivity index (χ1n) is 6.28. The summed E-state index contributed by atoms with van der Waals surface area (Å²) >= 11 is 0. The third-order valence-electron chi connectivity index (χ3n) is 2.52. The average molecular weight is 257 g/mol. The van der Waals surface area contributed by atoms with Gasteiger partial charge in [-0.15, -0.1) is 6.58 Å². The predicted molar refractivity (Wildman–Crippen MR) is 69.3 cm³/mol. The van der Waals surface area contributed by atoms with E-state index in [9.17, 15) is 9.59 Å². The number of hydrogen-bond acceptors (Lipinski definition) is 3. The zero-order valence-electron chi connectivity index (χ0n) is 11.1. The van der Waals surface area contributed by atoms with Gasteiger partial charge < -0.3 is 15.2 Å². The molecule has 0 heterocycles. The number of hydrogen-bond donors (Lipinski definition) is 2. The fourth-order valence-electron chi connectivity index (χ4n) is 1.36. The van der Waals surface area contributed by atoms with Crippen LogP contribution in [0.1, 0.15) is 39.5 Å². The Hall–Kier alpha value is -1.36. The number of ether oxygens (including phenoxy) is 1. The van der Waals surface area contributed by atoms with Crippen molar-refractivity contribution in [2.24, 2.45) is 0 Å². The molecule has 1 amide bonds. The van der Waals surface area contributed by atoms with Crippen molar-refractivity contribution in [2.45, 2.75) is 51.7 Å². The van der Waals surface area contributed by atoms with Crippen LogP contribution in [0.5, 0.6) is 0 Å². The highest BCUT2D eigenvalue weighted by molar-refractivity contribution is 5.86. The van der Waals surface area contributed by atoms with Crippen molar-refractivity contribution in [1.29, 1.82) is 0 Å². The van der Waals surface area contributed by atoms with Crippen molar-refractivity contribution in [3.8, 4) is 0 Å². The molecule has 0 rings (SSSR count). The summed E-state index contributed by atoms with van der Waals surface area (Å²) in [7, 11) is 0. The van der Waals surface area contributed by atoms with Gasteiger partial charge in [0.2, 0.25) is 5.91 Å². The molecule has 104 valence electrons. The van der Waals surface area contributed by atoms with E-state index in [1.165, 1.54) is 0 Å². The second-order valence-corrected chi connectivity index (χ2v) is 4.13. The molecule has 0 aromatic heterocycles. The summed E-state index contributed by atoms with van der Waals surface area (Å²) in [5.74, 6) is -1.39. The quantitative estimate of drug-likeness (QED) is 0.461. The number of nitrogens with one attached hydrogen (secondary N) is 1. The van der Waals surface area contributed by atoms with Gasteiger partial charge in [-0.05, 0) is 19.8 Å². The number of rotatable bonds is 10. The molecule has 0 radical (unpaired) electrons. The maximum Gasteiger partial charge on any atom is 0.326 e. The van der Waals surface area contributed by atoms with Crippen LogP contribution in [0.2, 0.25) is 0 Å². The van der Waals surface area contributed by atoms with Crippen molar-refractivity contribution < 1.29 is 19.4 Å². The van der Waals surface area contributed by atoms with E-state index in [0.29, 0.717) is 19.4 Å². The minimum absolute atomic E-state index is 0.387. The third kappa shape index (κ3) is 7.06. The highest BCUT2D eigenvalue weighted by Crippen LogP contribution is 2.02. The molecule has 2 atom stereocenters. The molecule has 0 aromatic carbocycles. The molecule has 18 heavy (non-hydrogen) atoms. The minimum Gasteiger partial charge on any atom is -0.480 e. The molecule has 0 aliphatic carbocycles. The number of amides is 1. The second kappa shape index (κ2) is 9.65. The number of aliphatic carboxylic acids is 1. The number of carboxylic acids is 1. The monoisotopic (exact) mass is 257 g/mol. The van der Waals surface area contributed by atoms with E-state index >= 15 is 0 Å². The van der Waals surface area contributed by atoms with E-state index in [4.69, 9.17) is 9.84 Å². The lowest BCUT2D eigenvalue weighted by Crippen LogP contribution is -2.45. The Morgan fingerprint density at radius 2 is 2.17 bits per heavy atom. The van der Waals surface area contributed by atoms with Crippen LogP contribution < -0.4 is 5.32 Å². The SMILES string of the molecule is C=CCCOC(C)C(=O)NC(CCCC)C(=O)O. The molecule has 0 saturated carbocycles. The maximum absolute atomic E-state index is 11.7. The zero-order chi connectivity index (χ0) is 14.0. The summed E-state index contributed by atoms with van der Waals surface area (Å²) in [4.78, 5) is 22.6. The van der Waals surface area contributed by atoms with Gasteiger partial charge in [-0.25, -0.2) is 4.79 Å². The Morgan fingerprint density at radius 3 is 2.67 bits per heavy atom. The van der Waals surface area contributed by atoms with Crippen LogP contribution in [0.15, 0.2) is 12.7 Å². The van der Waals surface area contributed by atoms with Gasteiger partial charge in [0.1, 0.15) is 12.1 Å². The summed E-state index contributed by atoms with van der Waals surface area (Å²) in [6, 6.07) is -0.831. The lowest BCUT2D eigenvalue weighted by molar-refractivity contribution is -0.144. The number of carboxylic acid groups (broad SMARTS) is 1. The van der Waals surface area contributed by atoms with E-state index < -0.39 is 18.1 Å². The molecular formula is C13H23NO4. The molecule has 5 nitrogen and oxygen atoms in total. The maximum atomic E-state index is 11.7. The molecule has 0 bridgehead atoms. The van der Waals surface area contributed by atoms with Crippen LogP contribution in [-0.2, 0) is 14.3 Å². The normalized spacial score (nSPS) is 13.7. The molecule has 0 aromatic rings. The molecule has 0 saturated heterocycles. The van der Waals surface area contributed by atoms with Crippen LogP contribution in [0, 0.1) is 0 Å². The van der Waals surface area contributed by atoms with Gasteiger partial charge in [0, 0.05) is 0 Å². The lowest BCUT2D eigenvalue weighted by Gasteiger charge is -2.17. The van der Waals surface area contributed by atoms with Gasteiger partial charge >= 0.3 is 5.97 Å². The molecule has 0 fully saturated rings. The van der Waals surface area contributed by atoms with E-state index in [2.05, 4.69) is 11.9 Å². The first-order chi connectivity index (χ1) is 8.52. The van der Waals surface area contributed by atoms with Crippen molar-refractivity contribution in [2.75, 3.05) is 6.61 Å². The molecule has 5 heteroatoms. The fourth-order valence-corrected chi connectivity index (χ4v) is 1.36. The molecule has 0 aliphatic heterocycles. The van der Waals surface area contributed by atoms with Crippen LogP contribution in [0.3, 0.4) is 0 Å². The summed E-state index contributed by atoms with van der Waals surface area (Å²) in [5.41, 5.74) is 0. The summed E-state index contributed by atoms with van der Waals surface area (Å²) in [6.07, 6.45) is 3.82.